The number of carbonyl (C=O) groups excluding carboxylic acids is 2. The molecule has 0 aromatic heterocycles. The van der Waals surface area contributed by atoms with E-state index < -0.39 is 17.3 Å². The molecule has 38 heavy (non-hydrogen) atoms. The number of carbonyl (C=O) groups is 2. The van der Waals surface area contributed by atoms with E-state index in [1.807, 2.05) is 97.9 Å². The molecular formula is C33H28N2O3. The first-order valence-electron chi connectivity index (χ1n) is 12.8. The fraction of sp³-hybridized carbons (Fsp3) is 0.152. The van der Waals surface area contributed by atoms with E-state index in [0.29, 0.717) is 17.7 Å². The van der Waals surface area contributed by atoms with Crippen molar-refractivity contribution in [3.63, 3.8) is 0 Å². The van der Waals surface area contributed by atoms with Gasteiger partial charge in [0.25, 0.3) is 11.8 Å². The lowest BCUT2D eigenvalue weighted by Crippen LogP contribution is -2.48. The van der Waals surface area contributed by atoms with Crippen LogP contribution in [0.25, 0.3) is 10.8 Å². The van der Waals surface area contributed by atoms with Crippen LogP contribution >= 0.6 is 0 Å². The molecule has 2 N–H and O–H groups in total. The van der Waals surface area contributed by atoms with Gasteiger partial charge in [-0.05, 0) is 53.5 Å². The van der Waals surface area contributed by atoms with E-state index in [2.05, 4.69) is 12.0 Å². The van der Waals surface area contributed by atoms with E-state index in [0.717, 1.165) is 27.5 Å². The molecule has 3 atom stereocenters. The minimum Gasteiger partial charge on any atom is -0.508 e. The molecule has 0 radical (unpaired) electrons. The second-order valence-corrected chi connectivity index (χ2v) is 10.0. The zero-order chi connectivity index (χ0) is 26.4. The summed E-state index contributed by atoms with van der Waals surface area (Å²) in [6, 6.07) is 28.4. The van der Waals surface area contributed by atoms with Gasteiger partial charge in [0.2, 0.25) is 0 Å². The van der Waals surface area contributed by atoms with Crippen molar-refractivity contribution < 1.29 is 14.7 Å². The summed E-state index contributed by atoms with van der Waals surface area (Å²) in [6.07, 6.45) is 4.13. The summed E-state index contributed by atoms with van der Waals surface area (Å²) in [7, 11) is 0. The van der Waals surface area contributed by atoms with Crippen LogP contribution in [0, 0.1) is 12.8 Å². The van der Waals surface area contributed by atoms with Gasteiger partial charge in [0.1, 0.15) is 5.75 Å². The van der Waals surface area contributed by atoms with Crippen LogP contribution < -0.4 is 5.43 Å². The average Bonchev–Trinajstić information content (AvgIpc) is 3.16. The average molecular weight is 501 g/mol. The number of nitrogens with zero attached hydrogens (tertiary/aromatic N) is 1. The number of aromatic hydroxyl groups is 1. The highest BCUT2D eigenvalue weighted by atomic mass is 16.3. The van der Waals surface area contributed by atoms with Gasteiger partial charge in [0.05, 0.1) is 17.0 Å². The molecule has 3 unspecified atom stereocenters. The maximum atomic E-state index is 14.7. The number of nitrogens with one attached hydrogen (secondary N) is 1. The van der Waals surface area contributed by atoms with E-state index in [-0.39, 0.29) is 17.6 Å². The molecular weight excluding hydrogens is 472 g/mol. The number of imide groups is 1. The third-order valence-electron chi connectivity index (χ3n) is 8.02. The van der Waals surface area contributed by atoms with E-state index in [1.165, 1.54) is 5.01 Å². The number of aryl methyl sites for hydroxylation is 1. The maximum Gasteiger partial charge on any atom is 0.260 e. The molecule has 188 valence electrons. The smallest absolute Gasteiger partial charge is 0.260 e. The van der Waals surface area contributed by atoms with Crippen LogP contribution in [0.5, 0.6) is 5.75 Å². The van der Waals surface area contributed by atoms with Gasteiger partial charge in [-0.2, -0.15) is 5.01 Å². The zero-order valence-electron chi connectivity index (χ0n) is 21.1. The number of hydrogen-bond donors (Lipinski definition) is 2. The fourth-order valence-electron chi connectivity index (χ4n) is 6.28. The lowest BCUT2D eigenvalue weighted by Gasteiger charge is -2.43. The molecule has 5 nitrogen and oxygen atoms in total. The lowest BCUT2D eigenvalue weighted by molar-refractivity contribution is -0.138. The van der Waals surface area contributed by atoms with Crippen molar-refractivity contribution in [2.75, 3.05) is 5.43 Å². The van der Waals surface area contributed by atoms with Crippen molar-refractivity contribution >= 4 is 28.3 Å². The minimum absolute atomic E-state index is 0.0857. The second-order valence-electron chi connectivity index (χ2n) is 10.0. The Morgan fingerprint density at radius 2 is 1.66 bits per heavy atom. The molecule has 0 bridgehead atoms. The molecule has 5 heteroatoms. The number of anilines is 1. The Morgan fingerprint density at radius 3 is 2.39 bits per heavy atom. The molecule has 1 aliphatic carbocycles. The first-order valence-corrected chi connectivity index (χ1v) is 12.8. The number of hydrogen-bond acceptors (Lipinski definition) is 4. The van der Waals surface area contributed by atoms with E-state index in [1.54, 1.807) is 12.1 Å². The second kappa shape index (κ2) is 9.03. The predicted octanol–water partition coefficient (Wildman–Crippen LogP) is 6.40. The van der Waals surface area contributed by atoms with Gasteiger partial charge in [-0.15, -0.1) is 0 Å². The summed E-state index contributed by atoms with van der Waals surface area (Å²) in [5, 5.41) is 14.3. The summed E-state index contributed by atoms with van der Waals surface area (Å²) in [5.41, 5.74) is 5.73. The molecule has 4 aromatic carbocycles. The van der Waals surface area contributed by atoms with Crippen LogP contribution in [-0.4, -0.2) is 21.9 Å². The first kappa shape index (κ1) is 23.7. The lowest BCUT2D eigenvalue weighted by atomic mass is 9.55. The largest absolute Gasteiger partial charge is 0.508 e. The Bertz CT molecular complexity index is 1610. The van der Waals surface area contributed by atoms with Gasteiger partial charge in [-0.3, -0.25) is 15.0 Å². The number of rotatable bonds is 5. The Hall–Kier alpha value is -4.64. The number of phenols is 1. The van der Waals surface area contributed by atoms with Crippen LogP contribution in [-0.2, 0) is 15.0 Å². The monoisotopic (exact) mass is 500 g/mol. The first-order chi connectivity index (χ1) is 18.5. The predicted molar refractivity (Wildman–Crippen MR) is 150 cm³/mol. The molecule has 0 saturated carbocycles. The van der Waals surface area contributed by atoms with Crippen LogP contribution in [0.15, 0.2) is 115 Å². The van der Waals surface area contributed by atoms with Crippen molar-refractivity contribution in [2.24, 2.45) is 5.92 Å². The highest BCUT2D eigenvalue weighted by Gasteiger charge is 2.66. The van der Waals surface area contributed by atoms with Crippen molar-refractivity contribution in [3.05, 3.63) is 132 Å². The minimum atomic E-state index is -1.28. The SMILES string of the molecule is C=CC1=CCC2C(=O)N(Nc3ccc(C)cc3)C(=O)C2(c2ccccc2)C1c1c(O)ccc2ccccc12. The number of hydrazine groups is 1. The van der Waals surface area contributed by atoms with Gasteiger partial charge in [0, 0.05) is 11.5 Å². The van der Waals surface area contributed by atoms with Crippen molar-refractivity contribution in [1.82, 2.24) is 5.01 Å². The van der Waals surface area contributed by atoms with Crippen molar-refractivity contribution in [2.45, 2.75) is 24.7 Å². The van der Waals surface area contributed by atoms with E-state index in [9.17, 15) is 14.7 Å². The highest BCUT2D eigenvalue weighted by molar-refractivity contribution is 6.13. The summed E-state index contributed by atoms with van der Waals surface area (Å²) in [6.45, 7) is 6.06. The quantitative estimate of drug-likeness (QED) is 0.311. The molecule has 6 rings (SSSR count). The third kappa shape index (κ3) is 3.39. The Morgan fingerprint density at radius 1 is 0.947 bits per heavy atom. The molecule has 1 saturated heterocycles. The van der Waals surface area contributed by atoms with Gasteiger partial charge < -0.3 is 5.11 Å². The van der Waals surface area contributed by atoms with Crippen LogP contribution in [0.3, 0.4) is 0 Å². The zero-order valence-corrected chi connectivity index (χ0v) is 21.1. The van der Waals surface area contributed by atoms with Crippen LogP contribution in [0.2, 0.25) is 0 Å². The topological polar surface area (TPSA) is 69.6 Å². The Labute approximate surface area is 221 Å². The Kier molecular flexibility index (Phi) is 5.64. The van der Waals surface area contributed by atoms with Crippen molar-refractivity contribution in [3.8, 4) is 5.75 Å². The number of benzene rings is 4. The van der Waals surface area contributed by atoms with Crippen molar-refractivity contribution in [1.29, 1.82) is 0 Å². The highest BCUT2D eigenvalue weighted by Crippen LogP contribution is 2.59. The van der Waals surface area contributed by atoms with Gasteiger partial charge in [-0.1, -0.05) is 97.1 Å². The number of phenolic OH excluding ortho intramolecular Hbond substituents is 1. The van der Waals surface area contributed by atoms with Crippen LogP contribution in [0.4, 0.5) is 5.69 Å². The summed E-state index contributed by atoms with van der Waals surface area (Å²) >= 11 is 0. The molecule has 0 spiro atoms. The number of allylic oxidation sites excluding steroid dienone is 3. The maximum absolute atomic E-state index is 14.7. The van der Waals surface area contributed by atoms with E-state index in [4.69, 9.17) is 0 Å². The van der Waals surface area contributed by atoms with Crippen LogP contribution in [0.1, 0.15) is 29.0 Å². The molecule has 1 aliphatic heterocycles. The molecule has 2 aliphatic rings. The molecule has 1 heterocycles. The van der Waals surface area contributed by atoms with Gasteiger partial charge in [-0.25, -0.2) is 0 Å². The standard InChI is InChI=1S/C33H28N2O3/c1-3-22-15-19-27-31(37)35(34-25-17-13-21(2)14-18-25)32(38)33(27,24-10-5-4-6-11-24)30(22)29-26-12-8-7-9-23(26)16-20-28(29)36/h3-18,20,27,30,34,36H,1,19H2,2H3. The Balaban J connectivity index is 1.63. The van der Waals surface area contributed by atoms with Gasteiger partial charge in [0.15, 0.2) is 0 Å². The van der Waals surface area contributed by atoms with Gasteiger partial charge >= 0.3 is 0 Å². The number of fused-ring (bicyclic) bond motifs is 2. The normalized spacial score (nSPS) is 22.8. The third-order valence-corrected chi connectivity index (χ3v) is 8.02. The summed E-state index contributed by atoms with van der Waals surface area (Å²) in [5.74, 6) is -1.84. The molecule has 1 fully saturated rings. The number of amides is 2. The fourth-order valence-corrected chi connectivity index (χ4v) is 6.28. The summed E-state index contributed by atoms with van der Waals surface area (Å²) < 4.78 is 0. The molecule has 2 amide bonds. The van der Waals surface area contributed by atoms with E-state index >= 15 is 0 Å². The molecule has 4 aromatic rings. The summed E-state index contributed by atoms with van der Waals surface area (Å²) in [4.78, 5) is 28.8.